The van der Waals surface area contributed by atoms with Crippen molar-refractivity contribution in [2.75, 3.05) is 11.5 Å². The lowest BCUT2D eigenvalue weighted by Gasteiger charge is -2.16. The summed E-state index contributed by atoms with van der Waals surface area (Å²) in [6, 6.07) is -0.207. The number of sulfone groups is 1. The zero-order valence-corrected chi connectivity index (χ0v) is 11.3. The number of alkyl halides is 1. The molecule has 1 amide bonds. The summed E-state index contributed by atoms with van der Waals surface area (Å²) >= 11 is 3.28. The van der Waals surface area contributed by atoms with Crippen LogP contribution >= 0.6 is 15.9 Å². The highest BCUT2D eigenvalue weighted by molar-refractivity contribution is 9.10. The Kier molecular flexibility index (Phi) is 4.17. The van der Waals surface area contributed by atoms with E-state index in [1.54, 1.807) is 0 Å². The summed E-state index contributed by atoms with van der Waals surface area (Å²) in [6.45, 7) is 3.87. The number of amides is 1. The van der Waals surface area contributed by atoms with Crippen molar-refractivity contribution < 1.29 is 13.2 Å². The first-order valence-electron chi connectivity index (χ1n) is 4.96. The number of halogens is 1. The molecule has 2 atom stereocenters. The fourth-order valence-corrected chi connectivity index (χ4v) is 3.30. The second kappa shape index (κ2) is 4.82. The number of carbonyl (C=O) groups is 1. The zero-order valence-electron chi connectivity index (χ0n) is 8.86. The summed E-state index contributed by atoms with van der Waals surface area (Å²) in [5.41, 5.74) is 0. The van der Waals surface area contributed by atoms with Crippen molar-refractivity contribution in [2.24, 2.45) is 5.92 Å². The highest BCUT2D eigenvalue weighted by Gasteiger charge is 2.30. The Bertz CT molecular complexity index is 339. The van der Waals surface area contributed by atoms with E-state index in [4.69, 9.17) is 0 Å². The molecule has 15 heavy (non-hydrogen) atoms. The molecule has 0 aromatic rings. The minimum Gasteiger partial charge on any atom is -0.351 e. The summed E-state index contributed by atoms with van der Waals surface area (Å²) in [6.07, 6.45) is 0.534. The first-order valence-corrected chi connectivity index (χ1v) is 7.70. The van der Waals surface area contributed by atoms with Crippen molar-refractivity contribution in [1.82, 2.24) is 5.32 Å². The number of carbonyl (C=O) groups excluding carboxylic acids is 1. The highest BCUT2D eigenvalue weighted by Crippen LogP contribution is 2.15. The van der Waals surface area contributed by atoms with E-state index in [9.17, 15) is 13.2 Å². The molecule has 0 aromatic carbocycles. The summed E-state index contributed by atoms with van der Waals surface area (Å²) in [5, 5.41) is 2.75. The molecule has 0 spiro atoms. The van der Waals surface area contributed by atoms with Crippen LogP contribution in [0.15, 0.2) is 0 Å². The topological polar surface area (TPSA) is 63.2 Å². The molecule has 0 aliphatic carbocycles. The van der Waals surface area contributed by atoms with Crippen LogP contribution in [0.5, 0.6) is 0 Å². The number of rotatable bonds is 3. The van der Waals surface area contributed by atoms with Crippen LogP contribution in [0.3, 0.4) is 0 Å². The Morgan fingerprint density at radius 1 is 1.47 bits per heavy atom. The van der Waals surface area contributed by atoms with Crippen molar-refractivity contribution >= 4 is 31.7 Å². The van der Waals surface area contributed by atoms with Gasteiger partial charge in [-0.3, -0.25) is 4.79 Å². The Morgan fingerprint density at radius 2 is 2.07 bits per heavy atom. The normalized spacial score (nSPS) is 26.5. The van der Waals surface area contributed by atoms with E-state index in [1.807, 2.05) is 13.8 Å². The third-order valence-electron chi connectivity index (χ3n) is 2.41. The molecule has 0 saturated carbocycles. The Labute approximate surface area is 98.9 Å². The standard InChI is InChI=1S/C9H16BrNO3S/c1-6(2)8(10)9(12)11-7-3-4-15(13,14)5-7/h6-8H,3-5H2,1-2H3,(H,11,12)/t7-,8+/m0/s1. The molecule has 0 bridgehead atoms. The van der Waals surface area contributed by atoms with Gasteiger partial charge in [0, 0.05) is 6.04 Å². The van der Waals surface area contributed by atoms with Gasteiger partial charge in [-0.25, -0.2) is 8.42 Å². The second-order valence-corrected chi connectivity index (χ2v) is 7.47. The van der Waals surface area contributed by atoms with Gasteiger partial charge in [-0.15, -0.1) is 0 Å². The van der Waals surface area contributed by atoms with E-state index in [2.05, 4.69) is 21.2 Å². The van der Waals surface area contributed by atoms with E-state index in [1.165, 1.54) is 0 Å². The fraction of sp³-hybridized carbons (Fsp3) is 0.889. The Balaban J connectivity index is 2.47. The van der Waals surface area contributed by atoms with Crippen LogP contribution in [0.1, 0.15) is 20.3 Å². The van der Waals surface area contributed by atoms with Gasteiger partial charge in [0.2, 0.25) is 5.91 Å². The lowest BCUT2D eigenvalue weighted by molar-refractivity contribution is -0.121. The van der Waals surface area contributed by atoms with Gasteiger partial charge in [0.25, 0.3) is 0 Å². The maximum absolute atomic E-state index is 11.6. The van der Waals surface area contributed by atoms with Crippen LogP contribution in [0, 0.1) is 5.92 Å². The van der Waals surface area contributed by atoms with Crippen LogP contribution in [0.2, 0.25) is 0 Å². The molecule has 4 nitrogen and oxygen atoms in total. The highest BCUT2D eigenvalue weighted by atomic mass is 79.9. The Morgan fingerprint density at radius 3 is 2.47 bits per heavy atom. The van der Waals surface area contributed by atoms with Crippen molar-refractivity contribution in [3.63, 3.8) is 0 Å². The molecular formula is C9H16BrNO3S. The van der Waals surface area contributed by atoms with Gasteiger partial charge in [0.05, 0.1) is 16.3 Å². The SMILES string of the molecule is CC(C)[C@@H](Br)C(=O)N[C@H]1CCS(=O)(=O)C1. The molecular weight excluding hydrogens is 282 g/mol. The second-order valence-electron chi connectivity index (χ2n) is 4.25. The van der Waals surface area contributed by atoms with E-state index < -0.39 is 9.84 Å². The van der Waals surface area contributed by atoms with Crippen LogP contribution in [-0.4, -0.2) is 36.7 Å². The molecule has 1 fully saturated rings. The molecule has 0 radical (unpaired) electrons. The number of hydrogen-bond acceptors (Lipinski definition) is 3. The quantitative estimate of drug-likeness (QED) is 0.781. The monoisotopic (exact) mass is 297 g/mol. The van der Waals surface area contributed by atoms with Crippen molar-refractivity contribution in [1.29, 1.82) is 0 Å². The number of hydrogen-bond donors (Lipinski definition) is 1. The lowest BCUT2D eigenvalue weighted by Crippen LogP contribution is -2.41. The van der Waals surface area contributed by atoms with Crippen molar-refractivity contribution in [2.45, 2.75) is 31.1 Å². The molecule has 1 heterocycles. The maximum atomic E-state index is 11.6. The third-order valence-corrected chi connectivity index (χ3v) is 5.66. The van der Waals surface area contributed by atoms with E-state index in [0.717, 1.165) is 0 Å². The maximum Gasteiger partial charge on any atom is 0.234 e. The minimum atomic E-state index is -2.92. The molecule has 1 N–H and O–H groups in total. The van der Waals surface area contributed by atoms with Gasteiger partial charge >= 0.3 is 0 Å². The Hall–Kier alpha value is -0.100. The van der Waals surface area contributed by atoms with Crippen LogP contribution < -0.4 is 5.32 Å². The molecule has 1 aliphatic rings. The van der Waals surface area contributed by atoms with Gasteiger partial charge in [-0.05, 0) is 12.3 Å². The summed E-state index contributed by atoms with van der Waals surface area (Å²) in [5.74, 6) is 0.346. The summed E-state index contributed by atoms with van der Waals surface area (Å²) < 4.78 is 22.3. The third kappa shape index (κ3) is 3.75. The first kappa shape index (κ1) is 13.0. The average Bonchev–Trinajstić information content (AvgIpc) is 2.43. The fourth-order valence-electron chi connectivity index (χ4n) is 1.49. The zero-order chi connectivity index (χ0) is 11.6. The molecule has 0 unspecified atom stereocenters. The molecule has 0 aromatic heterocycles. The lowest BCUT2D eigenvalue weighted by atomic mass is 10.1. The smallest absolute Gasteiger partial charge is 0.234 e. The van der Waals surface area contributed by atoms with Gasteiger partial charge in [-0.2, -0.15) is 0 Å². The first-order chi connectivity index (χ1) is 6.82. The van der Waals surface area contributed by atoms with Crippen LogP contribution in [-0.2, 0) is 14.6 Å². The van der Waals surface area contributed by atoms with Crippen LogP contribution in [0.25, 0.3) is 0 Å². The van der Waals surface area contributed by atoms with Gasteiger partial charge in [0.15, 0.2) is 9.84 Å². The van der Waals surface area contributed by atoms with E-state index >= 15 is 0 Å². The molecule has 6 heteroatoms. The summed E-state index contributed by atoms with van der Waals surface area (Å²) in [7, 11) is -2.92. The molecule has 88 valence electrons. The minimum absolute atomic E-state index is 0.0799. The molecule has 1 saturated heterocycles. The van der Waals surface area contributed by atoms with Gasteiger partial charge < -0.3 is 5.32 Å². The van der Waals surface area contributed by atoms with Gasteiger partial charge in [-0.1, -0.05) is 29.8 Å². The van der Waals surface area contributed by atoms with E-state index in [-0.39, 0.29) is 34.2 Å². The van der Waals surface area contributed by atoms with Crippen LogP contribution in [0.4, 0.5) is 0 Å². The molecule has 1 aliphatic heterocycles. The predicted molar refractivity (Wildman–Crippen MR) is 62.8 cm³/mol. The summed E-state index contributed by atoms with van der Waals surface area (Å²) in [4.78, 5) is 11.3. The average molecular weight is 298 g/mol. The predicted octanol–water partition coefficient (Wildman–Crippen LogP) is 0.709. The largest absolute Gasteiger partial charge is 0.351 e. The van der Waals surface area contributed by atoms with Gasteiger partial charge in [0.1, 0.15) is 0 Å². The molecule has 1 rings (SSSR count). The van der Waals surface area contributed by atoms with E-state index in [0.29, 0.717) is 6.42 Å². The van der Waals surface area contributed by atoms with Crippen molar-refractivity contribution in [3.8, 4) is 0 Å². The van der Waals surface area contributed by atoms with Crippen molar-refractivity contribution in [3.05, 3.63) is 0 Å². The number of nitrogens with one attached hydrogen (secondary N) is 1.